The van der Waals surface area contributed by atoms with E-state index in [0.717, 1.165) is 12.8 Å². The highest BCUT2D eigenvalue weighted by atomic mass is 19.1. The SMILES string of the molecule is CC(C)(C)OC(=O)N1C2CCC1CC(O)(Cc1ccc(C#N)cc1F)C2. The van der Waals surface area contributed by atoms with Gasteiger partial charge in [-0.3, -0.25) is 0 Å². The lowest BCUT2D eigenvalue weighted by Crippen LogP contribution is -2.55. The molecule has 2 fully saturated rings. The molecule has 2 heterocycles. The highest BCUT2D eigenvalue weighted by Gasteiger charge is 2.50. The van der Waals surface area contributed by atoms with Gasteiger partial charge in [0.15, 0.2) is 0 Å². The molecular weight excluding hydrogens is 335 g/mol. The summed E-state index contributed by atoms with van der Waals surface area (Å²) < 4.78 is 19.7. The van der Waals surface area contributed by atoms with Crippen LogP contribution in [0.25, 0.3) is 0 Å². The Morgan fingerprint density at radius 3 is 2.50 bits per heavy atom. The summed E-state index contributed by atoms with van der Waals surface area (Å²) in [7, 11) is 0. The number of piperidine rings is 1. The molecule has 0 spiro atoms. The number of amides is 1. The third kappa shape index (κ3) is 3.83. The van der Waals surface area contributed by atoms with Crippen LogP contribution in [0.15, 0.2) is 18.2 Å². The first-order valence-corrected chi connectivity index (χ1v) is 9.02. The average molecular weight is 360 g/mol. The van der Waals surface area contributed by atoms with Crippen molar-refractivity contribution in [3.8, 4) is 6.07 Å². The molecule has 5 nitrogen and oxygen atoms in total. The zero-order valence-corrected chi connectivity index (χ0v) is 15.5. The van der Waals surface area contributed by atoms with Gasteiger partial charge >= 0.3 is 6.09 Å². The molecule has 1 amide bonds. The largest absolute Gasteiger partial charge is 0.444 e. The fourth-order valence-corrected chi connectivity index (χ4v) is 4.19. The second-order valence-corrected chi connectivity index (χ2v) is 8.50. The molecule has 2 atom stereocenters. The third-order valence-electron chi connectivity index (χ3n) is 5.16. The minimum Gasteiger partial charge on any atom is -0.444 e. The third-order valence-corrected chi connectivity index (χ3v) is 5.16. The van der Waals surface area contributed by atoms with E-state index < -0.39 is 17.0 Å². The van der Waals surface area contributed by atoms with Crippen LogP contribution in [0.2, 0.25) is 0 Å². The Labute approximate surface area is 153 Å². The van der Waals surface area contributed by atoms with Gasteiger partial charge in [0.05, 0.1) is 17.2 Å². The van der Waals surface area contributed by atoms with E-state index in [2.05, 4.69) is 0 Å². The first-order valence-electron chi connectivity index (χ1n) is 9.02. The lowest BCUT2D eigenvalue weighted by atomic mass is 9.81. The maximum atomic E-state index is 14.2. The molecule has 1 aromatic carbocycles. The topological polar surface area (TPSA) is 73.6 Å². The minimum atomic E-state index is -1.06. The molecule has 2 saturated heterocycles. The second-order valence-electron chi connectivity index (χ2n) is 8.50. The average Bonchev–Trinajstić information content (AvgIpc) is 2.81. The van der Waals surface area contributed by atoms with Crippen molar-refractivity contribution in [2.45, 2.75) is 76.2 Å². The quantitative estimate of drug-likeness (QED) is 0.875. The molecule has 26 heavy (non-hydrogen) atoms. The molecule has 0 aromatic heterocycles. The van der Waals surface area contributed by atoms with E-state index in [0.29, 0.717) is 18.4 Å². The Morgan fingerprint density at radius 1 is 1.38 bits per heavy atom. The van der Waals surface area contributed by atoms with Crippen LogP contribution in [-0.2, 0) is 11.2 Å². The second kappa shape index (κ2) is 6.55. The van der Waals surface area contributed by atoms with E-state index in [4.69, 9.17) is 10.00 Å². The maximum Gasteiger partial charge on any atom is 0.410 e. The summed E-state index contributed by atoms with van der Waals surface area (Å²) in [5.74, 6) is -0.473. The summed E-state index contributed by atoms with van der Waals surface area (Å²) >= 11 is 0. The summed E-state index contributed by atoms with van der Waals surface area (Å²) in [6.07, 6.45) is 2.30. The number of carbonyl (C=O) groups is 1. The molecule has 2 bridgehead atoms. The summed E-state index contributed by atoms with van der Waals surface area (Å²) in [5.41, 5.74) is -0.954. The predicted molar refractivity (Wildman–Crippen MR) is 93.9 cm³/mol. The maximum absolute atomic E-state index is 14.2. The predicted octanol–water partition coefficient (Wildman–Crippen LogP) is 3.53. The van der Waals surface area contributed by atoms with Crippen molar-refractivity contribution >= 4 is 6.09 Å². The zero-order chi connectivity index (χ0) is 19.1. The van der Waals surface area contributed by atoms with Crippen molar-refractivity contribution in [3.05, 3.63) is 35.1 Å². The monoisotopic (exact) mass is 360 g/mol. The molecule has 6 heteroatoms. The van der Waals surface area contributed by atoms with E-state index in [-0.39, 0.29) is 30.2 Å². The van der Waals surface area contributed by atoms with Gasteiger partial charge in [0.1, 0.15) is 11.4 Å². The van der Waals surface area contributed by atoms with Crippen molar-refractivity contribution in [3.63, 3.8) is 0 Å². The first kappa shape index (κ1) is 18.7. The molecule has 1 aromatic rings. The molecule has 0 radical (unpaired) electrons. The summed E-state index contributed by atoms with van der Waals surface area (Å²) in [6, 6.07) is 6.06. The normalized spacial score (nSPS) is 27.9. The van der Waals surface area contributed by atoms with Crippen LogP contribution in [-0.4, -0.2) is 39.4 Å². The summed E-state index contributed by atoms with van der Waals surface area (Å²) in [6.45, 7) is 5.50. The molecule has 3 rings (SSSR count). The number of halogens is 1. The molecule has 0 aliphatic carbocycles. The van der Waals surface area contributed by atoms with Gasteiger partial charge in [0.25, 0.3) is 0 Å². The summed E-state index contributed by atoms with van der Waals surface area (Å²) in [4.78, 5) is 14.3. The number of hydrogen-bond donors (Lipinski definition) is 1. The van der Waals surface area contributed by atoms with Gasteiger partial charge in [0.2, 0.25) is 0 Å². The molecule has 2 unspecified atom stereocenters. The Balaban J connectivity index is 1.73. The van der Waals surface area contributed by atoms with Crippen LogP contribution < -0.4 is 0 Å². The van der Waals surface area contributed by atoms with Crippen LogP contribution in [0.3, 0.4) is 0 Å². The molecular formula is C20H25FN2O3. The Bertz CT molecular complexity index is 736. The van der Waals surface area contributed by atoms with Crippen molar-refractivity contribution in [1.82, 2.24) is 4.90 Å². The zero-order valence-electron chi connectivity index (χ0n) is 15.5. The van der Waals surface area contributed by atoms with E-state index in [9.17, 15) is 14.3 Å². The van der Waals surface area contributed by atoms with Gasteiger partial charge in [-0.1, -0.05) is 6.07 Å². The van der Waals surface area contributed by atoms with Crippen LogP contribution >= 0.6 is 0 Å². The van der Waals surface area contributed by atoms with Crippen LogP contribution in [0.1, 0.15) is 57.6 Å². The number of nitrogens with zero attached hydrogens (tertiary/aromatic N) is 2. The fraction of sp³-hybridized carbons (Fsp3) is 0.600. The highest BCUT2D eigenvalue weighted by molar-refractivity contribution is 5.69. The Morgan fingerprint density at radius 2 is 2.00 bits per heavy atom. The van der Waals surface area contributed by atoms with Crippen molar-refractivity contribution < 1.29 is 19.0 Å². The molecule has 140 valence electrons. The first-order chi connectivity index (χ1) is 12.1. The summed E-state index contributed by atoms with van der Waals surface area (Å²) in [5, 5.41) is 19.9. The molecule has 2 aliphatic heterocycles. The standard InChI is InChI=1S/C20H25FN2O3/c1-19(2,3)26-18(24)23-15-6-7-16(23)11-20(25,10-15)9-14-5-4-13(12-22)8-17(14)21/h4-5,8,15-16,25H,6-7,9-11H2,1-3H3. The van der Waals surface area contributed by atoms with Gasteiger partial charge in [-0.15, -0.1) is 0 Å². The minimum absolute atomic E-state index is 0.0879. The van der Waals surface area contributed by atoms with Crippen molar-refractivity contribution in [1.29, 1.82) is 5.26 Å². The number of aliphatic hydroxyl groups is 1. The van der Waals surface area contributed by atoms with Gasteiger partial charge in [0, 0.05) is 18.5 Å². The van der Waals surface area contributed by atoms with Crippen molar-refractivity contribution in [2.24, 2.45) is 0 Å². The fourth-order valence-electron chi connectivity index (χ4n) is 4.19. The lowest BCUT2D eigenvalue weighted by molar-refractivity contribution is -0.0582. The number of benzene rings is 1. The lowest BCUT2D eigenvalue weighted by Gasteiger charge is -2.44. The van der Waals surface area contributed by atoms with Gasteiger partial charge in [-0.05, 0) is 64.2 Å². The molecule has 1 N–H and O–H groups in total. The van der Waals surface area contributed by atoms with Gasteiger partial charge < -0.3 is 14.7 Å². The number of fused-ring (bicyclic) bond motifs is 2. The van der Waals surface area contributed by atoms with E-state index in [1.54, 1.807) is 17.0 Å². The molecule has 0 saturated carbocycles. The van der Waals surface area contributed by atoms with Crippen molar-refractivity contribution in [2.75, 3.05) is 0 Å². The number of nitriles is 1. The van der Waals surface area contributed by atoms with Gasteiger partial charge in [-0.25, -0.2) is 9.18 Å². The van der Waals surface area contributed by atoms with E-state index in [1.807, 2.05) is 26.8 Å². The number of carbonyl (C=O) groups excluding carboxylic acids is 1. The van der Waals surface area contributed by atoms with Gasteiger partial charge in [-0.2, -0.15) is 5.26 Å². The smallest absolute Gasteiger partial charge is 0.410 e. The number of hydrogen-bond acceptors (Lipinski definition) is 4. The number of rotatable bonds is 2. The molecule has 2 aliphatic rings. The Kier molecular flexibility index (Phi) is 4.70. The van der Waals surface area contributed by atoms with Crippen LogP contribution in [0.5, 0.6) is 0 Å². The highest BCUT2D eigenvalue weighted by Crippen LogP contribution is 2.43. The van der Waals surface area contributed by atoms with Crippen LogP contribution in [0.4, 0.5) is 9.18 Å². The van der Waals surface area contributed by atoms with Crippen LogP contribution in [0, 0.1) is 17.1 Å². The van der Waals surface area contributed by atoms with E-state index >= 15 is 0 Å². The Hall–Kier alpha value is -2.13. The van der Waals surface area contributed by atoms with E-state index in [1.165, 1.54) is 6.07 Å². The number of ether oxygens (including phenoxy) is 1.